The Kier molecular flexibility index (Phi) is 6.35. The summed E-state index contributed by atoms with van der Waals surface area (Å²) < 4.78 is 7.56. The van der Waals surface area contributed by atoms with E-state index in [1.54, 1.807) is 0 Å². The van der Waals surface area contributed by atoms with Gasteiger partial charge >= 0.3 is 0 Å². The van der Waals surface area contributed by atoms with E-state index in [4.69, 9.17) is 4.74 Å². The lowest BCUT2D eigenvalue weighted by molar-refractivity contribution is 0.147. The maximum atomic E-state index is 5.33. The van der Waals surface area contributed by atoms with Crippen LogP contribution in [0.5, 0.6) is 0 Å². The summed E-state index contributed by atoms with van der Waals surface area (Å²) in [6.07, 6.45) is 4.28. The molecule has 4 heteroatoms. The first kappa shape index (κ1) is 16.0. The van der Waals surface area contributed by atoms with E-state index < -0.39 is 0 Å². The van der Waals surface area contributed by atoms with Crippen molar-refractivity contribution in [1.82, 2.24) is 9.55 Å². The first-order chi connectivity index (χ1) is 8.92. The summed E-state index contributed by atoms with van der Waals surface area (Å²) >= 11 is 0. The Bertz CT molecular complexity index is 366. The molecule has 0 saturated carbocycles. The highest BCUT2D eigenvalue weighted by Crippen LogP contribution is 2.21. The molecule has 1 rings (SSSR count). The van der Waals surface area contributed by atoms with Gasteiger partial charge in [0.05, 0.1) is 5.69 Å². The zero-order chi connectivity index (χ0) is 14.3. The van der Waals surface area contributed by atoms with Gasteiger partial charge < -0.3 is 14.6 Å². The molecule has 0 aliphatic carbocycles. The van der Waals surface area contributed by atoms with Gasteiger partial charge in [0.25, 0.3) is 0 Å². The van der Waals surface area contributed by atoms with Crippen LogP contribution in [0.4, 0.5) is 5.95 Å². The lowest BCUT2D eigenvalue weighted by atomic mass is 9.92. The van der Waals surface area contributed by atoms with Gasteiger partial charge in [-0.25, -0.2) is 4.98 Å². The molecule has 0 spiro atoms. The summed E-state index contributed by atoms with van der Waals surface area (Å²) in [7, 11) is 0. The molecule has 1 N–H and O–H groups in total. The van der Waals surface area contributed by atoms with Crippen LogP contribution in [0.2, 0.25) is 0 Å². The largest absolute Gasteiger partial charge is 0.382 e. The minimum atomic E-state index is 0.352. The molecule has 0 aromatic carbocycles. The molecule has 0 atom stereocenters. The number of ether oxygens (including phenoxy) is 1. The van der Waals surface area contributed by atoms with E-state index in [1.165, 1.54) is 0 Å². The van der Waals surface area contributed by atoms with Gasteiger partial charge in [0.1, 0.15) is 0 Å². The van der Waals surface area contributed by atoms with Crippen LogP contribution in [0.3, 0.4) is 0 Å². The van der Waals surface area contributed by atoms with Crippen LogP contribution >= 0.6 is 0 Å². The Hall–Kier alpha value is -1.03. The van der Waals surface area contributed by atoms with E-state index >= 15 is 0 Å². The average molecular weight is 267 g/mol. The van der Waals surface area contributed by atoms with Gasteiger partial charge in [0.15, 0.2) is 0 Å². The van der Waals surface area contributed by atoms with Crippen LogP contribution in [0, 0.1) is 12.3 Å². The molecule has 1 aromatic heterocycles. The standard InChI is InChI=1S/C15H29N3O/c1-6-19-11-7-9-16-14-17-13(2)12-18(14)10-8-15(3,4)5/h12H,6-11H2,1-5H3,(H,16,17). The number of rotatable bonds is 8. The van der Waals surface area contributed by atoms with Gasteiger partial charge in [-0.2, -0.15) is 0 Å². The number of imidazole rings is 1. The van der Waals surface area contributed by atoms with Gasteiger partial charge in [0.2, 0.25) is 5.95 Å². The number of nitrogens with one attached hydrogen (secondary N) is 1. The second-order valence-electron chi connectivity index (χ2n) is 6.19. The van der Waals surface area contributed by atoms with Crippen molar-refractivity contribution in [3.05, 3.63) is 11.9 Å². The highest BCUT2D eigenvalue weighted by molar-refractivity contribution is 5.28. The van der Waals surface area contributed by atoms with Crippen LogP contribution in [-0.2, 0) is 11.3 Å². The zero-order valence-corrected chi connectivity index (χ0v) is 13.1. The first-order valence-electron chi connectivity index (χ1n) is 7.28. The molecular weight excluding hydrogens is 238 g/mol. The summed E-state index contributed by atoms with van der Waals surface area (Å²) in [5, 5.41) is 3.40. The fourth-order valence-electron chi connectivity index (χ4n) is 1.83. The first-order valence-corrected chi connectivity index (χ1v) is 7.28. The monoisotopic (exact) mass is 267 g/mol. The third-order valence-corrected chi connectivity index (χ3v) is 2.95. The van der Waals surface area contributed by atoms with Crippen molar-refractivity contribution >= 4 is 5.95 Å². The molecule has 19 heavy (non-hydrogen) atoms. The fourth-order valence-corrected chi connectivity index (χ4v) is 1.83. The quantitative estimate of drug-likeness (QED) is 0.733. The van der Waals surface area contributed by atoms with Crippen LogP contribution < -0.4 is 5.32 Å². The highest BCUT2D eigenvalue weighted by atomic mass is 16.5. The smallest absolute Gasteiger partial charge is 0.203 e. The van der Waals surface area contributed by atoms with E-state index in [9.17, 15) is 0 Å². The van der Waals surface area contributed by atoms with Crippen LogP contribution in [-0.4, -0.2) is 29.3 Å². The summed E-state index contributed by atoms with van der Waals surface area (Å²) in [5.41, 5.74) is 1.42. The van der Waals surface area contributed by atoms with E-state index in [2.05, 4.69) is 41.8 Å². The van der Waals surface area contributed by atoms with Gasteiger partial charge in [-0.3, -0.25) is 0 Å². The van der Waals surface area contributed by atoms with Gasteiger partial charge in [-0.05, 0) is 32.1 Å². The molecule has 0 saturated heterocycles. The maximum Gasteiger partial charge on any atom is 0.203 e. The molecule has 0 aliphatic rings. The lowest BCUT2D eigenvalue weighted by Crippen LogP contribution is -2.14. The number of hydrogen-bond donors (Lipinski definition) is 1. The number of nitrogens with zero attached hydrogens (tertiary/aromatic N) is 2. The molecule has 0 radical (unpaired) electrons. The molecule has 0 unspecified atom stereocenters. The van der Waals surface area contributed by atoms with E-state index in [1.807, 2.05) is 13.8 Å². The molecule has 110 valence electrons. The van der Waals surface area contributed by atoms with Crippen molar-refractivity contribution < 1.29 is 4.74 Å². The Morgan fingerprint density at radius 2 is 2.11 bits per heavy atom. The fraction of sp³-hybridized carbons (Fsp3) is 0.800. The third-order valence-electron chi connectivity index (χ3n) is 2.95. The number of aromatic nitrogens is 2. The zero-order valence-electron chi connectivity index (χ0n) is 13.1. The van der Waals surface area contributed by atoms with E-state index in [0.29, 0.717) is 5.41 Å². The van der Waals surface area contributed by atoms with Crippen molar-refractivity contribution in [3.8, 4) is 0 Å². The van der Waals surface area contributed by atoms with Gasteiger partial charge in [0, 0.05) is 32.5 Å². The van der Waals surface area contributed by atoms with Crippen molar-refractivity contribution in [3.63, 3.8) is 0 Å². The van der Waals surface area contributed by atoms with Crippen molar-refractivity contribution in [2.75, 3.05) is 25.1 Å². The molecular formula is C15H29N3O. The second kappa shape index (κ2) is 7.53. The SMILES string of the molecule is CCOCCCNc1nc(C)cn1CCC(C)(C)C. The van der Waals surface area contributed by atoms with Crippen molar-refractivity contribution in [2.24, 2.45) is 5.41 Å². The van der Waals surface area contributed by atoms with Crippen LogP contribution in [0.1, 0.15) is 46.2 Å². The third kappa shape index (κ3) is 6.62. The summed E-state index contributed by atoms with van der Waals surface area (Å²) in [4.78, 5) is 4.54. The Labute approximate surface area is 117 Å². The molecule has 0 bridgehead atoms. The van der Waals surface area contributed by atoms with Crippen LogP contribution in [0.15, 0.2) is 6.20 Å². The predicted octanol–water partition coefficient (Wildman–Crippen LogP) is 3.47. The number of anilines is 1. The molecule has 0 aliphatic heterocycles. The topological polar surface area (TPSA) is 39.1 Å². The van der Waals surface area contributed by atoms with Crippen molar-refractivity contribution in [1.29, 1.82) is 0 Å². The Morgan fingerprint density at radius 3 is 2.74 bits per heavy atom. The molecule has 1 heterocycles. The molecule has 4 nitrogen and oxygen atoms in total. The lowest BCUT2D eigenvalue weighted by Gasteiger charge is -2.19. The van der Waals surface area contributed by atoms with E-state index in [0.717, 1.165) is 50.8 Å². The van der Waals surface area contributed by atoms with Crippen molar-refractivity contribution in [2.45, 2.75) is 54.0 Å². The van der Waals surface area contributed by atoms with E-state index in [-0.39, 0.29) is 0 Å². The van der Waals surface area contributed by atoms with Gasteiger partial charge in [-0.1, -0.05) is 20.8 Å². The number of hydrogen-bond acceptors (Lipinski definition) is 3. The molecule has 0 amide bonds. The normalized spacial score (nSPS) is 11.8. The predicted molar refractivity (Wildman–Crippen MR) is 80.6 cm³/mol. The average Bonchev–Trinajstić information content (AvgIpc) is 2.66. The molecule has 1 aromatic rings. The number of aryl methyl sites for hydroxylation is 2. The van der Waals surface area contributed by atoms with Crippen LogP contribution in [0.25, 0.3) is 0 Å². The van der Waals surface area contributed by atoms with Gasteiger partial charge in [-0.15, -0.1) is 0 Å². The summed E-state index contributed by atoms with van der Waals surface area (Å²) in [5.74, 6) is 0.984. The minimum absolute atomic E-state index is 0.352. The Balaban J connectivity index is 2.44. The highest BCUT2D eigenvalue weighted by Gasteiger charge is 2.12. The Morgan fingerprint density at radius 1 is 1.37 bits per heavy atom. The minimum Gasteiger partial charge on any atom is -0.382 e. The molecule has 0 fully saturated rings. The summed E-state index contributed by atoms with van der Waals surface area (Å²) in [6, 6.07) is 0. The second-order valence-corrected chi connectivity index (χ2v) is 6.19. The maximum absolute atomic E-state index is 5.33. The summed E-state index contributed by atoms with van der Waals surface area (Å²) in [6.45, 7) is 14.4.